The highest BCUT2D eigenvalue weighted by atomic mass is 32.2. The van der Waals surface area contributed by atoms with E-state index in [1.807, 2.05) is 0 Å². The Morgan fingerprint density at radius 3 is 2.44 bits per heavy atom. The summed E-state index contributed by atoms with van der Waals surface area (Å²) in [4.78, 5) is 14.3. The summed E-state index contributed by atoms with van der Waals surface area (Å²) >= 11 is 0. The summed E-state index contributed by atoms with van der Waals surface area (Å²) in [7, 11) is -3.68. The molecule has 25 heavy (non-hydrogen) atoms. The van der Waals surface area contributed by atoms with Gasteiger partial charge in [-0.25, -0.2) is 8.42 Å². The molecular formula is C16H20N4O4S. The first-order valence-corrected chi connectivity index (χ1v) is 9.32. The van der Waals surface area contributed by atoms with Gasteiger partial charge in [0.1, 0.15) is 10.6 Å². The minimum absolute atomic E-state index is 0.114. The van der Waals surface area contributed by atoms with Crippen LogP contribution in [0.4, 0.5) is 5.69 Å². The Kier molecular flexibility index (Phi) is 4.53. The molecule has 0 atom stereocenters. The van der Waals surface area contributed by atoms with Gasteiger partial charge in [0.2, 0.25) is 10.0 Å². The summed E-state index contributed by atoms with van der Waals surface area (Å²) in [5.41, 5.74) is 7.08. The van der Waals surface area contributed by atoms with Crippen LogP contribution in [0.15, 0.2) is 33.7 Å². The van der Waals surface area contributed by atoms with Crippen molar-refractivity contribution < 1.29 is 17.7 Å². The number of hydrogen-bond acceptors (Lipinski definition) is 6. The predicted molar refractivity (Wildman–Crippen MR) is 91.5 cm³/mol. The van der Waals surface area contributed by atoms with Crippen LogP contribution in [0.3, 0.4) is 0 Å². The summed E-state index contributed by atoms with van der Waals surface area (Å²) in [5.74, 6) is 0.123. The van der Waals surface area contributed by atoms with Crippen molar-refractivity contribution in [2.75, 3.05) is 31.9 Å². The Hall–Kier alpha value is -2.39. The molecule has 0 radical (unpaired) electrons. The van der Waals surface area contributed by atoms with Gasteiger partial charge in [-0.2, -0.15) is 4.31 Å². The first kappa shape index (κ1) is 17.4. The summed E-state index contributed by atoms with van der Waals surface area (Å²) in [6.45, 7) is 4.25. The van der Waals surface area contributed by atoms with Crippen LogP contribution in [0.2, 0.25) is 0 Å². The lowest BCUT2D eigenvalue weighted by molar-refractivity contribution is 0.0698. The van der Waals surface area contributed by atoms with Crippen molar-refractivity contribution in [1.82, 2.24) is 14.4 Å². The number of nitrogens with zero attached hydrogens (tertiary/aromatic N) is 3. The molecule has 1 aromatic carbocycles. The third-order valence-electron chi connectivity index (χ3n) is 4.23. The van der Waals surface area contributed by atoms with Gasteiger partial charge in [0.05, 0.1) is 0 Å². The number of nitrogens with two attached hydrogens (primary N) is 1. The fourth-order valence-corrected chi connectivity index (χ4v) is 4.67. The number of benzene rings is 1. The van der Waals surface area contributed by atoms with Gasteiger partial charge in [-0.05, 0) is 32.0 Å². The smallest absolute Gasteiger partial charge is 0.254 e. The third-order valence-corrected chi connectivity index (χ3v) is 6.37. The highest BCUT2D eigenvalue weighted by Crippen LogP contribution is 2.24. The number of sulfonamides is 1. The van der Waals surface area contributed by atoms with Crippen molar-refractivity contribution in [1.29, 1.82) is 0 Å². The largest absolute Gasteiger partial charge is 0.399 e. The van der Waals surface area contributed by atoms with E-state index in [4.69, 9.17) is 10.3 Å². The van der Waals surface area contributed by atoms with Gasteiger partial charge in [0.15, 0.2) is 5.76 Å². The second kappa shape index (κ2) is 6.49. The van der Waals surface area contributed by atoms with Gasteiger partial charge in [-0.15, -0.1) is 0 Å². The van der Waals surface area contributed by atoms with Crippen LogP contribution in [0, 0.1) is 13.8 Å². The Morgan fingerprint density at radius 1 is 1.20 bits per heavy atom. The molecule has 1 amide bonds. The molecule has 3 rings (SSSR count). The highest BCUT2D eigenvalue weighted by Gasteiger charge is 2.34. The zero-order valence-corrected chi connectivity index (χ0v) is 14.9. The first-order chi connectivity index (χ1) is 11.8. The lowest BCUT2D eigenvalue weighted by Gasteiger charge is -2.34. The molecule has 0 unspecified atom stereocenters. The molecule has 2 aromatic rings. The van der Waals surface area contributed by atoms with Crippen LogP contribution < -0.4 is 5.73 Å². The molecule has 2 heterocycles. The van der Waals surface area contributed by atoms with Gasteiger partial charge >= 0.3 is 0 Å². The van der Waals surface area contributed by atoms with Crippen LogP contribution in [0.1, 0.15) is 21.8 Å². The van der Waals surface area contributed by atoms with E-state index in [0.717, 1.165) is 0 Å². The van der Waals surface area contributed by atoms with E-state index < -0.39 is 10.0 Å². The summed E-state index contributed by atoms with van der Waals surface area (Å²) in [5, 5.41) is 3.71. The minimum atomic E-state index is -3.68. The van der Waals surface area contributed by atoms with Crippen LogP contribution >= 0.6 is 0 Å². The van der Waals surface area contributed by atoms with Crippen LogP contribution in [0.25, 0.3) is 0 Å². The molecule has 0 spiro atoms. The molecule has 1 fully saturated rings. The number of carbonyl (C=O) groups excluding carboxylic acids is 1. The van der Waals surface area contributed by atoms with Crippen LogP contribution in [0.5, 0.6) is 0 Å². The molecule has 0 saturated carbocycles. The van der Waals surface area contributed by atoms with Gasteiger partial charge in [-0.1, -0.05) is 11.2 Å². The highest BCUT2D eigenvalue weighted by molar-refractivity contribution is 7.89. The number of carbonyl (C=O) groups is 1. The van der Waals surface area contributed by atoms with Crippen molar-refractivity contribution in [2.45, 2.75) is 18.7 Å². The fourth-order valence-electron chi connectivity index (χ4n) is 2.96. The number of anilines is 1. The normalized spacial score (nSPS) is 16.2. The topological polar surface area (TPSA) is 110 Å². The molecule has 2 N–H and O–H groups in total. The zero-order valence-electron chi connectivity index (χ0n) is 14.1. The van der Waals surface area contributed by atoms with E-state index in [1.54, 1.807) is 43.0 Å². The molecule has 8 nitrogen and oxygen atoms in total. The number of aryl methyl sites for hydroxylation is 2. The van der Waals surface area contributed by atoms with E-state index in [2.05, 4.69) is 5.16 Å². The SMILES string of the molecule is Cc1noc(C)c1S(=O)(=O)N1CCN(C(=O)c2cccc(N)c2)CC1. The maximum Gasteiger partial charge on any atom is 0.254 e. The number of hydrogen-bond donors (Lipinski definition) is 1. The number of rotatable bonds is 3. The van der Waals surface area contributed by atoms with Gasteiger partial charge in [-0.3, -0.25) is 4.79 Å². The van der Waals surface area contributed by atoms with Crippen molar-refractivity contribution in [3.8, 4) is 0 Å². The minimum Gasteiger partial charge on any atom is -0.399 e. The Bertz CT molecular complexity index is 879. The standard InChI is InChI=1S/C16H20N4O4S/c1-11-15(12(2)24-18-11)25(22,23)20-8-6-19(7-9-20)16(21)13-4-3-5-14(17)10-13/h3-5,10H,6-9,17H2,1-2H3. The van der Waals surface area contributed by atoms with Crippen molar-refractivity contribution in [3.63, 3.8) is 0 Å². The molecule has 9 heteroatoms. The van der Waals surface area contributed by atoms with Gasteiger partial charge < -0.3 is 15.2 Å². The second-order valence-electron chi connectivity index (χ2n) is 5.98. The van der Waals surface area contributed by atoms with E-state index in [9.17, 15) is 13.2 Å². The van der Waals surface area contributed by atoms with Crippen molar-refractivity contribution in [2.24, 2.45) is 0 Å². The number of aromatic nitrogens is 1. The molecule has 134 valence electrons. The average Bonchev–Trinajstić information content (AvgIpc) is 2.93. The summed E-state index contributed by atoms with van der Waals surface area (Å²) in [6, 6.07) is 6.76. The Balaban J connectivity index is 1.73. The second-order valence-corrected chi connectivity index (χ2v) is 7.85. The molecular weight excluding hydrogens is 344 g/mol. The molecule has 1 saturated heterocycles. The zero-order chi connectivity index (χ0) is 18.2. The maximum absolute atomic E-state index is 12.8. The van der Waals surface area contributed by atoms with Gasteiger partial charge in [0, 0.05) is 37.4 Å². The number of nitrogen functional groups attached to an aromatic ring is 1. The fraction of sp³-hybridized carbons (Fsp3) is 0.375. The van der Waals surface area contributed by atoms with E-state index in [-0.39, 0.29) is 29.7 Å². The summed E-state index contributed by atoms with van der Waals surface area (Å²) < 4.78 is 31.9. The van der Waals surface area contributed by atoms with Gasteiger partial charge in [0.25, 0.3) is 5.91 Å². The number of amides is 1. The van der Waals surface area contributed by atoms with E-state index in [0.29, 0.717) is 30.0 Å². The Labute approximate surface area is 146 Å². The van der Waals surface area contributed by atoms with E-state index in [1.165, 1.54) is 4.31 Å². The molecule has 0 bridgehead atoms. The summed E-state index contributed by atoms with van der Waals surface area (Å²) in [6.07, 6.45) is 0. The predicted octanol–water partition coefficient (Wildman–Crippen LogP) is 1.02. The molecule has 0 aliphatic carbocycles. The molecule has 1 aromatic heterocycles. The first-order valence-electron chi connectivity index (χ1n) is 7.88. The molecule has 1 aliphatic heterocycles. The van der Waals surface area contributed by atoms with E-state index >= 15 is 0 Å². The average molecular weight is 364 g/mol. The number of piperazine rings is 1. The van der Waals surface area contributed by atoms with Crippen molar-refractivity contribution in [3.05, 3.63) is 41.3 Å². The quantitative estimate of drug-likeness (QED) is 0.814. The lowest BCUT2D eigenvalue weighted by Crippen LogP contribution is -2.50. The monoisotopic (exact) mass is 364 g/mol. The maximum atomic E-state index is 12.8. The third kappa shape index (κ3) is 3.24. The van der Waals surface area contributed by atoms with Crippen LogP contribution in [-0.2, 0) is 10.0 Å². The lowest BCUT2D eigenvalue weighted by atomic mass is 10.1. The van der Waals surface area contributed by atoms with Crippen LogP contribution in [-0.4, -0.2) is 54.9 Å². The molecule has 1 aliphatic rings. The van der Waals surface area contributed by atoms with Crippen molar-refractivity contribution >= 4 is 21.6 Å². The Morgan fingerprint density at radius 2 is 1.88 bits per heavy atom.